The monoisotopic (exact) mass is 474 g/mol. The molecule has 5 atom stereocenters. The zero-order chi connectivity index (χ0) is 25.0. The number of hydrogen-bond acceptors (Lipinski definition) is 5. The van der Waals surface area contributed by atoms with E-state index in [1.54, 1.807) is 0 Å². The van der Waals surface area contributed by atoms with E-state index in [0.29, 0.717) is 5.69 Å². The highest BCUT2D eigenvalue weighted by Crippen LogP contribution is 2.52. The van der Waals surface area contributed by atoms with Gasteiger partial charge in [0.15, 0.2) is 5.82 Å². The molecule has 0 radical (unpaired) electrons. The Morgan fingerprint density at radius 3 is 2.57 bits per heavy atom. The van der Waals surface area contributed by atoms with Gasteiger partial charge in [0, 0.05) is 23.1 Å². The van der Waals surface area contributed by atoms with E-state index in [-0.39, 0.29) is 41.0 Å². The number of H-pyrrole nitrogens is 1. The van der Waals surface area contributed by atoms with Gasteiger partial charge in [-0.05, 0) is 60.8 Å². The number of imidazole rings is 1. The first-order valence-electron chi connectivity index (χ1n) is 12.6. The number of anilines is 1. The molecule has 7 heteroatoms. The van der Waals surface area contributed by atoms with Crippen molar-refractivity contribution in [1.29, 1.82) is 5.26 Å². The fraction of sp³-hybridized carbons (Fsp3) is 0.536. The van der Waals surface area contributed by atoms with E-state index in [1.807, 2.05) is 18.2 Å². The summed E-state index contributed by atoms with van der Waals surface area (Å²) < 4.78 is 6.18. The predicted octanol–water partition coefficient (Wildman–Crippen LogP) is 5.15. The zero-order valence-corrected chi connectivity index (χ0v) is 20.9. The summed E-state index contributed by atoms with van der Waals surface area (Å²) in [7, 11) is 0. The highest BCUT2D eigenvalue weighted by molar-refractivity contribution is 6.03. The molecule has 2 saturated heterocycles. The number of fused-ring (bicyclic) bond motifs is 2. The van der Waals surface area contributed by atoms with Gasteiger partial charge in [0.25, 0.3) is 5.91 Å². The third-order valence-corrected chi connectivity index (χ3v) is 8.55. The number of aromatic amines is 1. The van der Waals surface area contributed by atoms with Crippen LogP contribution in [0.2, 0.25) is 0 Å². The molecule has 2 unspecified atom stereocenters. The minimum absolute atomic E-state index is 0.0312. The number of allylic oxidation sites excluding steroid dienone is 2. The minimum atomic E-state index is -1.00. The number of nitrogens with one attached hydrogen (secondary N) is 2. The molecule has 35 heavy (non-hydrogen) atoms. The maximum Gasteiger partial charge on any atom is 0.291 e. The van der Waals surface area contributed by atoms with Crippen LogP contribution in [-0.4, -0.2) is 33.2 Å². The average molecular weight is 475 g/mol. The third-order valence-electron chi connectivity index (χ3n) is 8.55. The smallest absolute Gasteiger partial charge is 0.291 e. The lowest BCUT2D eigenvalue weighted by Crippen LogP contribution is -2.52. The number of carbonyl (C=O) groups excluding carboxylic acids is 1. The first kappa shape index (κ1) is 23.8. The lowest BCUT2D eigenvalue weighted by Gasteiger charge is -2.47. The van der Waals surface area contributed by atoms with Gasteiger partial charge in [-0.2, -0.15) is 5.26 Å². The Balaban J connectivity index is 1.54. The molecule has 0 spiro atoms. The zero-order valence-electron chi connectivity index (χ0n) is 20.9. The number of ether oxygens (including phenoxy) is 1. The van der Waals surface area contributed by atoms with Crippen molar-refractivity contribution in [3.05, 3.63) is 53.1 Å². The summed E-state index contributed by atoms with van der Waals surface area (Å²) in [5.74, 6) is -0.369. The van der Waals surface area contributed by atoms with Crippen molar-refractivity contribution in [3.63, 3.8) is 0 Å². The van der Waals surface area contributed by atoms with Gasteiger partial charge in [0.2, 0.25) is 0 Å². The van der Waals surface area contributed by atoms with Crippen molar-refractivity contribution in [3.8, 4) is 6.07 Å². The molecule has 0 saturated carbocycles. The maximum atomic E-state index is 12.9. The van der Waals surface area contributed by atoms with Crippen LogP contribution in [0.1, 0.15) is 87.2 Å². The van der Waals surface area contributed by atoms with Crippen LogP contribution < -0.4 is 5.32 Å². The summed E-state index contributed by atoms with van der Waals surface area (Å²) in [6.45, 7) is 8.72. The molecule has 7 nitrogen and oxygen atoms in total. The topological polar surface area (TPSA) is 111 Å². The summed E-state index contributed by atoms with van der Waals surface area (Å²) in [5.41, 5.74) is 3.15. The van der Waals surface area contributed by atoms with E-state index in [4.69, 9.17) is 10.00 Å². The average Bonchev–Trinajstić information content (AvgIpc) is 3.51. The quantitative estimate of drug-likeness (QED) is 0.568. The van der Waals surface area contributed by atoms with Gasteiger partial charge in [0.05, 0.1) is 24.0 Å². The molecule has 2 aliphatic heterocycles. The fourth-order valence-electron chi connectivity index (χ4n) is 6.10. The summed E-state index contributed by atoms with van der Waals surface area (Å²) >= 11 is 0. The highest BCUT2D eigenvalue weighted by Gasteiger charge is 2.55. The number of aromatic nitrogens is 2. The molecule has 1 aromatic heterocycles. The summed E-state index contributed by atoms with van der Waals surface area (Å²) in [5, 5.41) is 24.2. The van der Waals surface area contributed by atoms with Crippen molar-refractivity contribution in [1.82, 2.24) is 9.97 Å². The Morgan fingerprint density at radius 1 is 1.26 bits per heavy atom. The lowest BCUT2D eigenvalue weighted by atomic mass is 9.69. The molecule has 1 aromatic carbocycles. The number of benzene rings is 1. The minimum Gasteiger partial charge on any atom is -0.384 e. The fourth-order valence-corrected chi connectivity index (χ4v) is 6.10. The first-order chi connectivity index (χ1) is 16.6. The molecule has 3 heterocycles. The van der Waals surface area contributed by atoms with E-state index < -0.39 is 11.5 Å². The number of hydrogen-bond donors (Lipinski definition) is 3. The summed E-state index contributed by atoms with van der Waals surface area (Å²) in [6, 6.07) is 7.86. The Labute approximate surface area is 206 Å². The van der Waals surface area contributed by atoms with Crippen LogP contribution in [0, 0.1) is 28.6 Å². The molecule has 3 N–H and O–H groups in total. The van der Waals surface area contributed by atoms with E-state index in [9.17, 15) is 9.90 Å². The maximum absolute atomic E-state index is 12.9. The van der Waals surface area contributed by atoms with Gasteiger partial charge >= 0.3 is 0 Å². The van der Waals surface area contributed by atoms with Crippen LogP contribution in [0.3, 0.4) is 0 Å². The van der Waals surface area contributed by atoms with E-state index in [2.05, 4.69) is 55.1 Å². The van der Waals surface area contributed by atoms with E-state index in [0.717, 1.165) is 43.2 Å². The molecule has 2 fully saturated rings. The van der Waals surface area contributed by atoms with Gasteiger partial charge < -0.3 is 20.1 Å². The number of aliphatic hydroxyl groups is 1. The van der Waals surface area contributed by atoms with Gasteiger partial charge in [-0.1, -0.05) is 39.8 Å². The van der Waals surface area contributed by atoms with Gasteiger partial charge in [-0.3, -0.25) is 4.79 Å². The molecule has 184 valence electrons. The van der Waals surface area contributed by atoms with Crippen molar-refractivity contribution in [2.45, 2.75) is 77.6 Å². The normalized spacial score (nSPS) is 31.5. The number of amides is 1. The second kappa shape index (κ2) is 8.61. The van der Waals surface area contributed by atoms with E-state index >= 15 is 0 Å². The molecule has 2 aromatic rings. The molecule has 2 bridgehead atoms. The molecule has 1 aliphatic carbocycles. The standard InChI is InChI=1S/C28H34N4O3/c1-16-23-7-8-24(35-23)17(2)28(16,34)19-5-6-22(32-26(33)25-30-15-20(14-29)31-25)21(13-19)18-9-11-27(3,4)12-10-18/h5-6,9,13,15-17,23-24,34H,7-8,10-12H2,1-4H3,(H,30,31)(H,32,33)/t16-,17+,23-,24?,28?/m0/s1. The summed E-state index contributed by atoms with van der Waals surface area (Å²) in [6.07, 6.45) is 8.61. The molecule has 5 rings (SSSR count). The molecule has 3 aliphatic rings. The Bertz CT molecular complexity index is 1210. The largest absolute Gasteiger partial charge is 0.384 e. The van der Waals surface area contributed by atoms with Crippen LogP contribution in [0.15, 0.2) is 30.5 Å². The Morgan fingerprint density at radius 2 is 1.97 bits per heavy atom. The molecular formula is C28H34N4O3. The lowest BCUT2D eigenvalue weighted by molar-refractivity contribution is -0.194. The van der Waals surface area contributed by atoms with Crippen molar-refractivity contribution in [2.75, 3.05) is 5.32 Å². The second-order valence-electron chi connectivity index (χ2n) is 11.3. The van der Waals surface area contributed by atoms with Gasteiger partial charge in [0.1, 0.15) is 11.8 Å². The number of rotatable bonds is 4. The van der Waals surface area contributed by atoms with E-state index in [1.165, 1.54) is 11.8 Å². The van der Waals surface area contributed by atoms with Crippen LogP contribution in [0.25, 0.3) is 5.57 Å². The van der Waals surface area contributed by atoms with Crippen LogP contribution in [0.4, 0.5) is 5.69 Å². The van der Waals surface area contributed by atoms with Crippen molar-refractivity contribution >= 4 is 17.2 Å². The SMILES string of the molecule is C[C@@H]1C2CC[C@H](O2)[C@H](C)C1(O)c1ccc(NC(=O)c2ncc(C#N)[nH]2)c(C2=CCC(C)(C)CC2)c1. The molecular weight excluding hydrogens is 440 g/mol. The van der Waals surface area contributed by atoms with Crippen LogP contribution in [-0.2, 0) is 10.3 Å². The summed E-state index contributed by atoms with van der Waals surface area (Å²) in [4.78, 5) is 19.7. The number of nitriles is 1. The first-order valence-corrected chi connectivity index (χ1v) is 12.6. The van der Waals surface area contributed by atoms with Crippen molar-refractivity contribution in [2.24, 2.45) is 17.3 Å². The van der Waals surface area contributed by atoms with Crippen LogP contribution in [0.5, 0.6) is 0 Å². The third kappa shape index (κ3) is 4.09. The van der Waals surface area contributed by atoms with Gasteiger partial charge in [-0.15, -0.1) is 0 Å². The predicted molar refractivity (Wildman–Crippen MR) is 133 cm³/mol. The Kier molecular flexibility index (Phi) is 5.85. The van der Waals surface area contributed by atoms with Crippen molar-refractivity contribution < 1.29 is 14.6 Å². The Hall–Kier alpha value is -2.95. The highest BCUT2D eigenvalue weighted by atomic mass is 16.5. The van der Waals surface area contributed by atoms with Crippen LogP contribution >= 0.6 is 0 Å². The second-order valence-corrected chi connectivity index (χ2v) is 11.3. The molecule has 1 amide bonds. The number of carbonyl (C=O) groups is 1. The number of nitrogens with zero attached hydrogens (tertiary/aromatic N) is 2. The van der Waals surface area contributed by atoms with Gasteiger partial charge in [-0.25, -0.2) is 4.98 Å².